The maximum Gasteiger partial charge on any atom is 0.224 e. The summed E-state index contributed by atoms with van der Waals surface area (Å²) in [6.45, 7) is 4.76. The third-order valence-electron chi connectivity index (χ3n) is 4.98. The highest BCUT2D eigenvalue weighted by Gasteiger charge is 2.16. The zero-order valence-corrected chi connectivity index (χ0v) is 22.4. The van der Waals surface area contributed by atoms with Crippen LogP contribution >= 0.6 is 39.1 Å². The van der Waals surface area contributed by atoms with Gasteiger partial charge in [0.15, 0.2) is 11.5 Å². The van der Waals surface area contributed by atoms with E-state index >= 15 is 0 Å². The van der Waals surface area contributed by atoms with Crippen molar-refractivity contribution in [2.45, 2.75) is 33.4 Å². The highest BCUT2D eigenvalue weighted by Crippen LogP contribution is 2.38. The molecule has 0 bridgehead atoms. The topological polar surface area (TPSA) is 59.6 Å². The van der Waals surface area contributed by atoms with Gasteiger partial charge in [-0.15, -0.1) is 0 Å². The van der Waals surface area contributed by atoms with E-state index in [9.17, 15) is 4.79 Å². The second-order valence-electron chi connectivity index (χ2n) is 8.16. The average molecular weight is 566 g/mol. The fourth-order valence-electron chi connectivity index (χ4n) is 3.33. The van der Waals surface area contributed by atoms with Gasteiger partial charge in [-0.25, -0.2) is 0 Å². The van der Waals surface area contributed by atoms with Gasteiger partial charge in [0.1, 0.15) is 6.61 Å². The van der Waals surface area contributed by atoms with Crippen molar-refractivity contribution in [3.05, 3.63) is 80.2 Å². The Balaban J connectivity index is 1.77. The quantitative estimate of drug-likeness (QED) is 0.262. The summed E-state index contributed by atoms with van der Waals surface area (Å²) in [5, 5.41) is 7.46. The molecule has 0 saturated heterocycles. The van der Waals surface area contributed by atoms with E-state index < -0.39 is 0 Å². The Morgan fingerprint density at radius 3 is 2.53 bits per heavy atom. The molecule has 0 radical (unpaired) electrons. The van der Waals surface area contributed by atoms with Crippen LogP contribution in [0, 0.1) is 5.92 Å². The Morgan fingerprint density at radius 1 is 1.06 bits per heavy atom. The molecule has 0 saturated carbocycles. The molecule has 3 aromatic rings. The third-order valence-corrected chi connectivity index (χ3v) is 6.31. The van der Waals surface area contributed by atoms with E-state index in [1.807, 2.05) is 56.3 Å². The van der Waals surface area contributed by atoms with Crippen LogP contribution in [0.15, 0.2) is 59.1 Å². The van der Waals surface area contributed by atoms with E-state index in [0.29, 0.717) is 40.4 Å². The minimum Gasteiger partial charge on any atom is -0.493 e. The van der Waals surface area contributed by atoms with Gasteiger partial charge in [0.05, 0.1) is 7.11 Å². The van der Waals surface area contributed by atoms with Crippen LogP contribution in [0.2, 0.25) is 10.0 Å². The molecule has 0 aliphatic carbocycles. The maximum absolute atomic E-state index is 12.1. The summed E-state index contributed by atoms with van der Waals surface area (Å²) in [4.78, 5) is 12.1. The van der Waals surface area contributed by atoms with Crippen molar-refractivity contribution in [3.8, 4) is 11.5 Å². The first kappa shape index (κ1) is 26.2. The molecule has 0 unspecified atom stereocenters. The Hall–Kier alpha value is -2.41. The monoisotopic (exact) mass is 564 g/mol. The lowest BCUT2D eigenvalue weighted by Crippen LogP contribution is -2.14. The van der Waals surface area contributed by atoms with Gasteiger partial charge in [-0.05, 0) is 48.4 Å². The van der Waals surface area contributed by atoms with Crippen LogP contribution in [-0.2, 0) is 17.9 Å². The van der Waals surface area contributed by atoms with Crippen molar-refractivity contribution < 1.29 is 14.3 Å². The molecule has 8 heteroatoms. The third kappa shape index (κ3) is 7.29. The maximum atomic E-state index is 12.1. The number of nitrogens with one attached hydrogen (secondary N) is 2. The predicted molar refractivity (Wildman–Crippen MR) is 143 cm³/mol. The minimum atomic E-state index is -0.000707. The summed E-state index contributed by atoms with van der Waals surface area (Å²) in [5.74, 6) is 1.52. The predicted octanol–water partition coefficient (Wildman–Crippen LogP) is 7.94. The highest BCUT2D eigenvalue weighted by atomic mass is 79.9. The number of carbonyl (C=O) groups excluding carboxylic acids is 1. The van der Waals surface area contributed by atoms with Crippen LogP contribution < -0.4 is 20.1 Å². The van der Waals surface area contributed by atoms with Crippen LogP contribution in [0.3, 0.4) is 0 Å². The Bertz CT molecular complexity index is 1150. The molecule has 1 amide bonds. The molecule has 0 aliphatic rings. The molecule has 3 aromatic carbocycles. The first-order chi connectivity index (χ1) is 16.3. The molecule has 180 valence electrons. The number of hydrogen-bond acceptors (Lipinski definition) is 4. The Morgan fingerprint density at radius 2 is 1.82 bits per heavy atom. The molecule has 34 heavy (non-hydrogen) atoms. The molecular weight excluding hydrogens is 539 g/mol. The first-order valence-corrected chi connectivity index (χ1v) is 12.4. The molecule has 5 nitrogen and oxygen atoms in total. The number of methoxy groups -OCH3 is 1. The van der Waals surface area contributed by atoms with Crippen molar-refractivity contribution in [1.29, 1.82) is 0 Å². The summed E-state index contributed by atoms with van der Waals surface area (Å²) in [5.41, 5.74) is 3.31. The average Bonchev–Trinajstić information content (AvgIpc) is 2.77. The van der Waals surface area contributed by atoms with Gasteiger partial charge < -0.3 is 20.1 Å². The SMILES string of the molecule is COc1ccc(Br)c(CNc2cccc(NC(=O)CC(C)C)c2)c1OCc1ccc(Cl)cc1Cl. The number of carbonyl (C=O) groups is 1. The largest absolute Gasteiger partial charge is 0.493 e. The number of hydrogen-bond donors (Lipinski definition) is 2. The van der Waals surface area contributed by atoms with Crippen LogP contribution in [0.5, 0.6) is 11.5 Å². The van der Waals surface area contributed by atoms with Crippen LogP contribution in [0.25, 0.3) is 0 Å². The zero-order chi connectivity index (χ0) is 24.7. The number of amides is 1. The van der Waals surface area contributed by atoms with Crippen molar-refractivity contribution in [3.63, 3.8) is 0 Å². The van der Waals surface area contributed by atoms with Gasteiger partial charge >= 0.3 is 0 Å². The van der Waals surface area contributed by atoms with E-state index in [-0.39, 0.29) is 12.5 Å². The summed E-state index contributed by atoms with van der Waals surface area (Å²) in [7, 11) is 1.60. The summed E-state index contributed by atoms with van der Waals surface area (Å²) < 4.78 is 12.6. The molecule has 0 heterocycles. The van der Waals surface area contributed by atoms with E-state index in [0.717, 1.165) is 27.0 Å². The number of benzene rings is 3. The van der Waals surface area contributed by atoms with Crippen molar-refractivity contribution in [2.24, 2.45) is 5.92 Å². The summed E-state index contributed by atoms with van der Waals surface area (Å²) in [6, 6.07) is 16.7. The molecule has 0 fully saturated rings. The fraction of sp³-hybridized carbons (Fsp3) is 0.269. The number of rotatable bonds is 10. The van der Waals surface area contributed by atoms with Gasteiger partial charge in [0, 0.05) is 50.0 Å². The Labute approximate surface area is 218 Å². The van der Waals surface area contributed by atoms with E-state index in [1.54, 1.807) is 19.2 Å². The Kier molecular flexibility index (Phi) is 9.51. The number of anilines is 2. The van der Waals surface area contributed by atoms with Crippen LogP contribution in [-0.4, -0.2) is 13.0 Å². The van der Waals surface area contributed by atoms with E-state index in [1.165, 1.54) is 0 Å². The highest BCUT2D eigenvalue weighted by molar-refractivity contribution is 9.10. The van der Waals surface area contributed by atoms with E-state index in [2.05, 4.69) is 26.6 Å². The van der Waals surface area contributed by atoms with Crippen molar-refractivity contribution in [1.82, 2.24) is 0 Å². The van der Waals surface area contributed by atoms with E-state index in [4.69, 9.17) is 32.7 Å². The molecule has 2 N–H and O–H groups in total. The van der Waals surface area contributed by atoms with Crippen LogP contribution in [0.4, 0.5) is 11.4 Å². The van der Waals surface area contributed by atoms with Gasteiger partial charge in [-0.3, -0.25) is 4.79 Å². The van der Waals surface area contributed by atoms with Crippen LogP contribution in [0.1, 0.15) is 31.4 Å². The zero-order valence-electron chi connectivity index (χ0n) is 19.3. The second kappa shape index (κ2) is 12.3. The normalized spacial score (nSPS) is 10.8. The minimum absolute atomic E-state index is 0.000707. The molecule has 3 rings (SSSR count). The standard InChI is InChI=1S/C26H27BrCl2N2O3/c1-16(2)11-25(32)31-20-6-4-5-19(13-20)30-14-21-22(27)9-10-24(33-3)26(21)34-15-17-7-8-18(28)12-23(17)29/h4-10,12-13,16,30H,11,14-15H2,1-3H3,(H,31,32). The lowest BCUT2D eigenvalue weighted by atomic mass is 10.1. The van der Waals surface area contributed by atoms with Gasteiger partial charge in [0.25, 0.3) is 0 Å². The first-order valence-electron chi connectivity index (χ1n) is 10.8. The van der Waals surface area contributed by atoms with Crippen molar-refractivity contribution >= 4 is 56.4 Å². The lowest BCUT2D eigenvalue weighted by Gasteiger charge is -2.18. The van der Waals surface area contributed by atoms with Crippen molar-refractivity contribution in [2.75, 3.05) is 17.7 Å². The van der Waals surface area contributed by atoms with Gasteiger partial charge in [-0.1, -0.05) is 65.1 Å². The molecular formula is C26H27BrCl2N2O3. The lowest BCUT2D eigenvalue weighted by molar-refractivity contribution is -0.116. The summed E-state index contributed by atoms with van der Waals surface area (Å²) in [6.07, 6.45) is 0.479. The molecule has 0 aromatic heterocycles. The number of halogens is 3. The molecule has 0 atom stereocenters. The molecule has 0 aliphatic heterocycles. The fourth-order valence-corrected chi connectivity index (χ4v) is 4.25. The molecule has 0 spiro atoms. The van der Waals surface area contributed by atoms with Gasteiger partial charge in [0.2, 0.25) is 5.91 Å². The summed E-state index contributed by atoms with van der Waals surface area (Å²) >= 11 is 15.9. The van der Waals surface area contributed by atoms with Gasteiger partial charge in [-0.2, -0.15) is 0 Å². The second-order valence-corrected chi connectivity index (χ2v) is 9.86. The smallest absolute Gasteiger partial charge is 0.224 e. The number of ether oxygens (including phenoxy) is 2.